The molecule has 0 aliphatic heterocycles. The van der Waals surface area contributed by atoms with Gasteiger partial charge in [0.25, 0.3) is 11.8 Å². The highest BCUT2D eigenvalue weighted by molar-refractivity contribution is 7.89. The van der Waals surface area contributed by atoms with Crippen LogP contribution in [0.2, 0.25) is 0 Å². The maximum atomic E-state index is 12.7. The van der Waals surface area contributed by atoms with Gasteiger partial charge in [-0.2, -0.15) is 4.31 Å². The molecule has 0 saturated carbocycles. The van der Waals surface area contributed by atoms with Gasteiger partial charge in [0.15, 0.2) is 0 Å². The minimum atomic E-state index is -3.67. The summed E-state index contributed by atoms with van der Waals surface area (Å²) in [5.74, 6) is -0.939. The molecular weight excluding hydrogens is 422 g/mol. The number of aryl methyl sites for hydroxylation is 2. The van der Waals surface area contributed by atoms with E-state index in [1.54, 1.807) is 13.8 Å². The van der Waals surface area contributed by atoms with E-state index < -0.39 is 15.9 Å². The van der Waals surface area contributed by atoms with Crippen LogP contribution >= 0.6 is 11.3 Å². The zero-order valence-electron chi connectivity index (χ0n) is 17.2. The second-order valence-electron chi connectivity index (χ2n) is 7.15. The van der Waals surface area contributed by atoms with Gasteiger partial charge in [0.05, 0.1) is 9.77 Å². The van der Waals surface area contributed by atoms with E-state index in [9.17, 15) is 18.0 Å². The minimum absolute atomic E-state index is 0.0483. The number of hydrogen-bond donors (Lipinski definition) is 2. The summed E-state index contributed by atoms with van der Waals surface area (Å²) >= 11 is 1.47. The van der Waals surface area contributed by atoms with Gasteiger partial charge in [0, 0.05) is 23.5 Å². The van der Waals surface area contributed by atoms with Gasteiger partial charge in [-0.1, -0.05) is 26.3 Å². The Morgan fingerprint density at radius 1 is 1.00 bits per heavy atom. The number of nitrogens with zero attached hydrogens (tertiary/aromatic N) is 1. The number of hydrogen-bond acceptors (Lipinski definition) is 5. The quantitative estimate of drug-likeness (QED) is 0.523. The van der Waals surface area contributed by atoms with Crippen molar-refractivity contribution < 1.29 is 18.0 Å². The number of rotatable bonds is 6. The lowest BCUT2D eigenvalue weighted by atomic mass is 10.1. The molecule has 1 aliphatic carbocycles. The van der Waals surface area contributed by atoms with Crippen molar-refractivity contribution in [2.75, 3.05) is 13.1 Å². The highest BCUT2D eigenvalue weighted by atomic mass is 32.2. The third-order valence-corrected chi connectivity index (χ3v) is 8.48. The second kappa shape index (κ2) is 9.72. The molecule has 162 valence electrons. The molecule has 7 nitrogen and oxygen atoms in total. The molecule has 0 bridgehead atoms. The average Bonchev–Trinajstić information content (AvgIpc) is 3.03. The van der Waals surface area contributed by atoms with Crippen LogP contribution in [0.25, 0.3) is 0 Å². The zero-order valence-corrected chi connectivity index (χ0v) is 18.9. The number of carbonyl (C=O) groups excluding carboxylic acids is 2. The van der Waals surface area contributed by atoms with Crippen molar-refractivity contribution in [3.05, 3.63) is 51.2 Å². The number of hydrazine groups is 1. The number of benzene rings is 1. The first-order valence-electron chi connectivity index (χ1n) is 10.2. The van der Waals surface area contributed by atoms with E-state index in [1.807, 2.05) is 6.07 Å². The normalized spacial score (nSPS) is 14.1. The maximum Gasteiger partial charge on any atom is 0.279 e. The van der Waals surface area contributed by atoms with Gasteiger partial charge >= 0.3 is 0 Å². The number of nitrogens with one attached hydrogen (secondary N) is 2. The van der Waals surface area contributed by atoms with Crippen molar-refractivity contribution >= 4 is 33.2 Å². The fourth-order valence-electron chi connectivity index (χ4n) is 3.54. The van der Waals surface area contributed by atoms with Crippen LogP contribution < -0.4 is 10.9 Å². The molecule has 0 unspecified atom stereocenters. The minimum Gasteiger partial charge on any atom is -0.267 e. The van der Waals surface area contributed by atoms with Crippen LogP contribution in [-0.2, 0) is 22.9 Å². The van der Waals surface area contributed by atoms with E-state index in [4.69, 9.17) is 0 Å². The van der Waals surface area contributed by atoms with E-state index >= 15 is 0 Å². The summed E-state index contributed by atoms with van der Waals surface area (Å²) in [5, 5.41) is 0. The van der Waals surface area contributed by atoms with Crippen molar-refractivity contribution in [3.63, 3.8) is 0 Å². The molecule has 0 radical (unpaired) electrons. The molecule has 2 amide bonds. The van der Waals surface area contributed by atoms with E-state index in [0.29, 0.717) is 18.0 Å². The van der Waals surface area contributed by atoms with Crippen molar-refractivity contribution in [2.45, 2.75) is 50.8 Å². The SMILES string of the molecule is CCN(CC)S(=O)(=O)c1cccc(C(=O)NNC(=O)c2cc3c(s2)CCCCC3)c1. The van der Waals surface area contributed by atoms with Gasteiger partial charge in [-0.15, -0.1) is 11.3 Å². The number of sulfonamides is 1. The van der Waals surface area contributed by atoms with Crippen molar-refractivity contribution in [1.29, 1.82) is 0 Å². The molecule has 0 fully saturated rings. The first kappa shape index (κ1) is 22.5. The Morgan fingerprint density at radius 3 is 2.43 bits per heavy atom. The van der Waals surface area contributed by atoms with E-state index in [-0.39, 0.29) is 16.4 Å². The van der Waals surface area contributed by atoms with Crippen LogP contribution in [-0.4, -0.2) is 37.6 Å². The van der Waals surface area contributed by atoms with Crippen LogP contribution in [0.5, 0.6) is 0 Å². The fourth-order valence-corrected chi connectivity index (χ4v) is 6.19. The van der Waals surface area contributed by atoms with Crippen LogP contribution in [0.1, 0.15) is 63.6 Å². The van der Waals surface area contributed by atoms with Gasteiger partial charge in [-0.25, -0.2) is 8.42 Å². The Morgan fingerprint density at radius 2 is 1.70 bits per heavy atom. The Labute approximate surface area is 181 Å². The highest BCUT2D eigenvalue weighted by Gasteiger charge is 2.23. The highest BCUT2D eigenvalue weighted by Crippen LogP contribution is 2.28. The molecule has 3 rings (SSSR count). The number of amides is 2. The Bertz CT molecular complexity index is 1000. The molecule has 1 heterocycles. The first-order chi connectivity index (χ1) is 14.4. The fraction of sp³-hybridized carbons (Fsp3) is 0.429. The topological polar surface area (TPSA) is 95.6 Å². The standard InChI is InChI=1S/C21H27N3O4S2/c1-3-24(4-2)30(27,28)17-11-8-10-16(13-17)20(25)22-23-21(26)19-14-15-9-6-5-7-12-18(15)29-19/h8,10-11,13-14H,3-7,9,12H2,1-2H3,(H,22,25)(H,23,26). The van der Waals surface area contributed by atoms with Crippen molar-refractivity contribution in [2.24, 2.45) is 0 Å². The summed E-state index contributed by atoms with van der Waals surface area (Å²) in [7, 11) is -3.67. The van der Waals surface area contributed by atoms with Gasteiger partial charge in [0.2, 0.25) is 10.0 Å². The molecule has 1 aromatic carbocycles. The van der Waals surface area contributed by atoms with Gasteiger partial charge in [-0.3, -0.25) is 20.4 Å². The lowest BCUT2D eigenvalue weighted by Gasteiger charge is -2.18. The van der Waals surface area contributed by atoms with Crippen molar-refractivity contribution in [1.82, 2.24) is 15.2 Å². The van der Waals surface area contributed by atoms with Crippen LogP contribution in [0, 0.1) is 0 Å². The van der Waals surface area contributed by atoms with Gasteiger partial charge in [-0.05, 0) is 55.5 Å². The van der Waals surface area contributed by atoms with Crippen molar-refractivity contribution in [3.8, 4) is 0 Å². The first-order valence-corrected chi connectivity index (χ1v) is 12.4. The van der Waals surface area contributed by atoms with E-state index in [2.05, 4.69) is 10.9 Å². The number of thiophene rings is 1. The predicted molar refractivity (Wildman–Crippen MR) is 117 cm³/mol. The van der Waals surface area contributed by atoms with Gasteiger partial charge < -0.3 is 0 Å². The molecule has 1 aliphatic rings. The third-order valence-electron chi connectivity index (χ3n) is 5.20. The summed E-state index contributed by atoms with van der Waals surface area (Å²) in [4.78, 5) is 26.8. The Kier molecular flexibility index (Phi) is 7.27. The molecular formula is C21H27N3O4S2. The molecule has 9 heteroatoms. The van der Waals surface area contributed by atoms with Crippen LogP contribution in [0.15, 0.2) is 35.2 Å². The predicted octanol–water partition coefficient (Wildman–Crippen LogP) is 3.12. The molecule has 30 heavy (non-hydrogen) atoms. The van der Waals surface area contributed by atoms with Gasteiger partial charge in [0.1, 0.15) is 0 Å². The second-order valence-corrected chi connectivity index (χ2v) is 10.2. The number of fused-ring (bicyclic) bond motifs is 1. The van der Waals surface area contributed by atoms with Crippen LogP contribution in [0.4, 0.5) is 0 Å². The molecule has 2 aromatic rings. The lowest BCUT2D eigenvalue weighted by molar-refractivity contribution is 0.0848. The van der Waals surface area contributed by atoms with Crippen LogP contribution in [0.3, 0.4) is 0 Å². The monoisotopic (exact) mass is 449 g/mol. The average molecular weight is 450 g/mol. The van der Waals surface area contributed by atoms with E-state index in [0.717, 1.165) is 25.7 Å². The molecule has 1 aromatic heterocycles. The largest absolute Gasteiger partial charge is 0.279 e. The molecule has 0 spiro atoms. The Hall–Kier alpha value is -2.23. The molecule has 0 atom stereocenters. The lowest BCUT2D eigenvalue weighted by Crippen LogP contribution is -2.41. The number of carbonyl (C=O) groups is 2. The van der Waals surface area contributed by atoms with E-state index in [1.165, 1.54) is 56.8 Å². The maximum absolute atomic E-state index is 12.7. The summed E-state index contributed by atoms with van der Waals surface area (Å²) in [6.45, 7) is 4.21. The summed E-state index contributed by atoms with van der Waals surface area (Å²) in [6, 6.07) is 7.72. The summed E-state index contributed by atoms with van der Waals surface area (Å²) in [6.07, 6.45) is 5.46. The zero-order chi connectivity index (χ0) is 21.7. The smallest absolute Gasteiger partial charge is 0.267 e. The third kappa shape index (κ3) is 4.91. The molecule has 2 N–H and O–H groups in total. The summed E-state index contributed by atoms with van der Waals surface area (Å²) < 4.78 is 26.7. The molecule has 0 saturated heterocycles. The Balaban J connectivity index is 1.67. The summed E-state index contributed by atoms with van der Waals surface area (Å²) in [5.41, 5.74) is 6.21.